The third kappa shape index (κ3) is 3.67. The predicted molar refractivity (Wildman–Crippen MR) is 66.5 cm³/mol. The molecular weight excluding hydrogens is 236 g/mol. The van der Waals surface area contributed by atoms with E-state index in [1.165, 1.54) is 0 Å². The van der Waals surface area contributed by atoms with Crippen molar-refractivity contribution in [2.45, 2.75) is 70.4 Å². The highest BCUT2D eigenvalue weighted by Gasteiger charge is 2.46. The molecular formula is C13H24O5. The van der Waals surface area contributed by atoms with E-state index in [2.05, 4.69) is 0 Å². The van der Waals surface area contributed by atoms with Gasteiger partial charge in [0.2, 0.25) is 0 Å². The molecule has 0 radical (unpaired) electrons. The average Bonchev–Trinajstić information content (AvgIpc) is 2.29. The van der Waals surface area contributed by atoms with Gasteiger partial charge in [0.15, 0.2) is 5.60 Å². The lowest BCUT2D eigenvalue weighted by molar-refractivity contribution is -0.204. The van der Waals surface area contributed by atoms with Crippen LogP contribution in [0, 0.1) is 0 Å². The zero-order valence-electron chi connectivity index (χ0n) is 11.4. The van der Waals surface area contributed by atoms with Crippen molar-refractivity contribution in [2.24, 2.45) is 0 Å². The molecule has 0 spiro atoms. The highest BCUT2D eigenvalue weighted by atomic mass is 16.6. The molecule has 1 aliphatic rings. The van der Waals surface area contributed by atoms with Gasteiger partial charge in [0.05, 0.1) is 24.9 Å². The fraction of sp³-hybridized carbons (Fsp3) is 0.923. The summed E-state index contributed by atoms with van der Waals surface area (Å²) in [6.45, 7) is 5.73. The molecule has 1 heterocycles. The molecule has 1 fully saturated rings. The highest BCUT2D eigenvalue weighted by Crippen LogP contribution is 2.32. The van der Waals surface area contributed by atoms with Crippen LogP contribution in [0.1, 0.15) is 46.5 Å². The first-order valence-electron chi connectivity index (χ1n) is 6.62. The molecule has 106 valence electrons. The van der Waals surface area contributed by atoms with Crippen LogP contribution in [-0.2, 0) is 14.3 Å². The monoisotopic (exact) mass is 260 g/mol. The molecule has 1 aliphatic heterocycles. The number of hydrogen-bond donors (Lipinski definition) is 2. The summed E-state index contributed by atoms with van der Waals surface area (Å²) in [7, 11) is 0. The van der Waals surface area contributed by atoms with Gasteiger partial charge in [-0.15, -0.1) is 0 Å². The zero-order valence-corrected chi connectivity index (χ0v) is 11.4. The Kier molecular flexibility index (Phi) is 5.56. The van der Waals surface area contributed by atoms with Crippen LogP contribution < -0.4 is 0 Å². The maximum atomic E-state index is 11.5. The number of carboxylic acid groups (broad SMARTS) is 1. The molecule has 0 aromatic heterocycles. The number of ether oxygens (including phenoxy) is 2. The summed E-state index contributed by atoms with van der Waals surface area (Å²) < 4.78 is 11.2. The largest absolute Gasteiger partial charge is 0.479 e. The van der Waals surface area contributed by atoms with E-state index in [-0.39, 0.29) is 6.10 Å². The van der Waals surface area contributed by atoms with Crippen molar-refractivity contribution in [2.75, 3.05) is 6.61 Å². The summed E-state index contributed by atoms with van der Waals surface area (Å²) in [6.07, 6.45) is 1.22. The molecule has 4 atom stereocenters. The summed E-state index contributed by atoms with van der Waals surface area (Å²) in [5, 5.41) is 18.9. The van der Waals surface area contributed by atoms with Crippen molar-refractivity contribution in [3.8, 4) is 0 Å². The highest BCUT2D eigenvalue weighted by molar-refractivity contribution is 5.77. The van der Waals surface area contributed by atoms with Crippen LogP contribution in [0.3, 0.4) is 0 Å². The molecule has 0 aromatic rings. The maximum absolute atomic E-state index is 11.5. The molecule has 0 saturated carbocycles. The quantitative estimate of drug-likeness (QED) is 0.758. The normalized spacial score (nSPS) is 31.9. The van der Waals surface area contributed by atoms with E-state index in [0.717, 1.165) is 12.8 Å². The minimum Gasteiger partial charge on any atom is -0.479 e. The van der Waals surface area contributed by atoms with E-state index in [0.29, 0.717) is 19.4 Å². The summed E-state index contributed by atoms with van der Waals surface area (Å²) in [6, 6.07) is 0. The van der Waals surface area contributed by atoms with E-state index < -0.39 is 23.8 Å². The van der Waals surface area contributed by atoms with E-state index in [1.54, 1.807) is 13.8 Å². The standard InChI is InChI=1S/C13H24O5/c1-4-5-11-8-13(12(15)16,6-7-17-11)18-10(3)9(2)14/h9-11,14H,4-8H2,1-3H3,(H,15,16). The van der Waals surface area contributed by atoms with Gasteiger partial charge in [-0.3, -0.25) is 0 Å². The van der Waals surface area contributed by atoms with Crippen LogP contribution in [0.25, 0.3) is 0 Å². The van der Waals surface area contributed by atoms with Gasteiger partial charge in [0, 0.05) is 12.8 Å². The number of carboxylic acids is 1. The lowest BCUT2D eigenvalue weighted by atomic mass is 9.88. The molecule has 5 nitrogen and oxygen atoms in total. The van der Waals surface area contributed by atoms with E-state index in [9.17, 15) is 15.0 Å². The van der Waals surface area contributed by atoms with Crippen molar-refractivity contribution < 1.29 is 24.5 Å². The van der Waals surface area contributed by atoms with Crippen molar-refractivity contribution in [1.82, 2.24) is 0 Å². The fourth-order valence-corrected chi connectivity index (χ4v) is 2.23. The van der Waals surface area contributed by atoms with Gasteiger partial charge in [-0.05, 0) is 20.3 Å². The first-order valence-corrected chi connectivity index (χ1v) is 6.62. The fourth-order valence-electron chi connectivity index (χ4n) is 2.23. The lowest BCUT2D eigenvalue weighted by Crippen LogP contribution is -2.52. The number of aliphatic hydroxyl groups is 1. The molecule has 4 unspecified atom stereocenters. The van der Waals surface area contributed by atoms with Gasteiger partial charge in [-0.25, -0.2) is 4.79 Å². The molecule has 0 aromatic carbocycles. The Morgan fingerprint density at radius 2 is 2.22 bits per heavy atom. The zero-order chi connectivity index (χ0) is 13.8. The second-order valence-electron chi connectivity index (χ2n) is 5.10. The first kappa shape index (κ1) is 15.4. The number of carbonyl (C=O) groups is 1. The first-order chi connectivity index (χ1) is 8.41. The Morgan fingerprint density at radius 3 is 2.72 bits per heavy atom. The number of rotatable bonds is 6. The van der Waals surface area contributed by atoms with Crippen LogP contribution in [-0.4, -0.2) is 46.7 Å². The summed E-state index contributed by atoms with van der Waals surface area (Å²) in [5.74, 6) is -0.959. The summed E-state index contributed by atoms with van der Waals surface area (Å²) >= 11 is 0. The Bertz CT molecular complexity index is 277. The van der Waals surface area contributed by atoms with E-state index in [4.69, 9.17) is 9.47 Å². The average molecular weight is 260 g/mol. The molecule has 0 aliphatic carbocycles. The van der Waals surface area contributed by atoms with Crippen LogP contribution >= 0.6 is 0 Å². The van der Waals surface area contributed by atoms with Crippen LogP contribution in [0.15, 0.2) is 0 Å². The van der Waals surface area contributed by atoms with Gasteiger partial charge >= 0.3 is 5.97 Å². The lowest BCUT2D eigenvalue weighted by Gasteiger charge is -2.39. The summed E-state index contributed by atoms with van der Waals surface area (Å²) in [5.41, 5.74) is -1.21. The second kappa shape index (κ2) is 6.50. The Morgan fingerprint density at radius 1 is 1.56 bits per heavy atom. The van der Waals surface area contributed by atoms with Gasteiger partial charge in [0.1, 0.15) is 0 Å². The third-order valence-electron chi connectivity index (χ3n) is 3.51. The van der Waals surface area contributed by atoms with E-state index in [1.807, 2.05) is 6.92 Å². The van der Waals surface area contributed by atoms with Crippen LogP contribution in [0.2, 0.25) is 0 Å². The molecule has 0 bridgehead atoms. The van der Waals surface area contributed by atoms with Crippen LogP contribution in [0.5, 0.6) is 0 Å². The minimum absolute atomic E-state index is 0.0685. The smallest absolute Gasteiger partial charge is 0.336 e. The SMILES string of the molecule is CCCC1CC(OC(C)C(C)O)(C(=O)O)CCO1. The van der Waals surface area contributed by atoms with Gasteiger partial charge < -0.3 is 19.7 Å². The topological polar surface area (TPSA) is 76.0 Å². The van der Waals surface area contributed by atoms with Crippen molar-refractivity contribution in [1.29, 1.82) is 0 Å². The van der Waals surface area contributed by atoms with Crippen molar-refractivity contribution in [3.05, 3.63) is 0 Å². The molecule has 1 rings (SSSR count). The van der Waals surface area contributed by atoms with Crippen molar-refractivity contribution in [3.63, 3.8) is 0 Å². The summed E-state index contributed by atoms with van der Waals surface area (Å²) in [4.78, 5) is 11.5. The molecule has 5 heteroatoms. The number of aliphatic hydroxyl groups excluding tert-OH is 1. The Balaban J connectivity index is 2.76. The molecule has 0 amide bonds. The molecule has 18 heavy (non-hydrogen) atoms. The second-order valence-corrected chi connectivity index (χ2v) is 5.10. The minimum atomic E-state index is -1.21. The van der Waals surface area contributed by atoms with Crippen molar-refractivity contribution >= 4 is 5.97 Å². The predicted octanol–water partition coefficient (Wildman–Crippen LogP) is 1.57. The van der Waals surface area contributed by atoms with Gasteiger partial charge in [0.25, 0.3) is 0 Å². The van der Waals surface area contributed by atoms with Gasteiger partial charge in [-0.1, -0.05) is 13.3 Å². The number of aliphatic carboxylic acids is 1. The maximum Gasteiger partial charge on any atom is 0.336 e. The van der Waals surface area contributed by atoms with E-state index >= 15 is 0 Å². The Hall–Kier alpha value is -0.650. The molecule has 2 N–H and O–H groups in total. The Labute approximate surface area is 108 Å². The third-order valence-corrected chi connectivity index (χ3v) is 3.51. The molecule has 1 saturated heterocycles. The van der Waals surface area contributed by atoms with Crippen LogP contribution in [0.4, 0.5) is 0 Å². The van der Waals surface area contributed by atoms with Gasteiger partial charge in [-0.2, -0.15) is 0 Å². The number of hydrogen-bond acceptors (Lipinski definition) is 4.